The number of nitro benzene ring substituents is 1. The molecule has 1 aromatic heterocycles. The fourth-order valence-corrected chi connectivity index (χ4v) is 4.71. The molecule has 1 amide bonds. The predicted molar refractivity (Wildman–Crippen MR) is 117 cm³/mol. The van der Waals surface area contributed by atoms with Gasteiger partial charge >= 0.3 is 0 Å². The molecule has 0 aliphatic heterocycles. The molecule has 7 nitrogen and oxygen atoms in total. The molecule has 0 fully saturated rings. The van der Waals surface area contributed by atoms with Gasteiger partial charge in [-0.1, -0.05) is 18.2 Å². The highest BCUT2D eigenvalue weighted by Gasteiger charge is 2.25. The number of amides is 1. The average Bonchev–Trinajstić information content (AvgIpc) is 3.12. The van der Waals surface area contributed by atoms with Gasteiger partial charge in [0.2, 0.25) is 0 Å². The first-order valence-electron chi connectivity index (χ1n) is 9.55. The Kier molecular flexibility index (Phi) is 5.58. The van der Waals surface area contributed by atoms with Crippen LogP contribution >= 0.6 is 11.3 Å². The van der Waals surface area contributed by atoms with Gasteiger partial charge in [0.25, 0.3) is 11.6 Å². The van der Waals surface area contributed by atoms with Crippen LogP contribution in [0.5, 0.6) is 5.75 Å². The van der Waals surface area contributed by atoms with Crippen molar-refractivity contribution in [3.05, 3.63) is 80.2 Å². The van der Waals surface area contributed by atoms with E-state index in [1.165, 1.54) is 35.8 Å². The summed E-state index contributed by atoms with van der Waals surface area (Å²) in [7, 11) is 0. The molecule has 0 spiro atoms. The number of hydrogen-bond acceptors (Lipinski definition) is 6. The number of para-hydroxylation sites is 1. The molecule has 4 rings (SSSR count). The third-order valence-corrected chi connectivity index (χ3v) is 6.15. The fourth-order valence-electron chi connectivity index (χ4n) is 3.48. The van der Waals surface area contributed by atoms with E-state index in [0.717, 1.165) is 36.1 Å². The molecule has 0 saturated heterocycles. The number of fused-ring (bicyclic) bond motifs is 1. The second kappa shape index (κ2) is 8.46. The molecule has 0 radical (unpaired) electrons. The smallest absolute Gasteiger partial charge is 0.270 e. The van der Waals surface area contributed by atoms with Gasteiger partial charge in [-0.05, 0) is 49.4 Å². The SMILES string of the molecule is O=C(Nc1ccccc1)c1c(N=Cc2cc([N+](=O)[O-])ccc2O)sc2c1CCCC2. The Labute approximate surface area is 176 Å². The lowest BCUT2D eigenvalue weighted by Crippen LogP contribution is -2.14. The van der Waals surface area contributed by atoms with Crippen molar-refractivity contribution in [2.24, 2.45) is 4.99 Å². The zero-order chi connectivity index (χ0) is 21.1. The lowest BCUT2D eigenvalue weighted by atomic mass is 9.95. The zero-order valence-corrected chi connectivity index (χ0v) is 16.8. The number of phenols is 1. The first kappa shape index (κ1) is 19.8. The summed E-state index contributed by atoms with van der Waals surface area (Å²) < 4.78 is 0. The quantitative estimate of drug-likeness (QED) is 0.334. The van der Waals surface area contributed by atoms with E-state index < -0.39 is 4.92 Å². The van der Waals surface area contributed by atoms with Crippen LogP contribution in [0.1, 0.15) is 39.2 Å². The molecule has 0 unspecified atom stereocenters. The van der Waals surface area contributed by atoms with Gasteiger partial charge in [0.15, 0.2) is 0 Å². The Hall–Kier alpha value is -3.52. The lowest BCUT2D eigenvalue weighted by Gasteiger charge is -2.12. The minimum Gasteiger partial charge on any atom is -0.507 e. The van der Waals surface area contributed by atoms with E-state index in [1.54, 1.807) is 0 Å². The van der Waals surface area contributed by atoms with E-state index in [4.69, 9.17) is 0 Å². The third-order valence-electron chi connectivity index (χ3n) is 4.95. The van der Waals surface area contributed by atoms with Crippen LogP contribution in [0.3, 0.4) is 0 Å². The number of benzene rings is 2. The number of nitro groups is 1. The first-order chi connectivity index (χ1) is 14.5. The zero-order valence-electron chi connectivity index (χ0n) is 16.0. The Bertz CT molecular complexity index is 1140. The molecule has 2 N–H and O–H groups in total. The van der Waals surface area contributed by atoms with Crippen molar-refractivity contribution in [1.82, 2.24) is 0 Å². The van der Waals surface area contributed by atoms with Gasteiger partial charge in [-0.3, -0.25) is 14.9 Å². The molecule has 1 heterocycles. The average molecular weight is 421 g/mol. The van der Waals surface area contributed by atoms with Gasteiger partial charge in [-0.2, -0.15) is 0 Å². The highest BCUT2D eigenvalue weighted by Crippen LogP contribution is 2.40. The van der Waals surface area contributed by atoms with Gasteiger partial charge < -0.3 is 10.4 Å². The number of nitrogens with one attached hydrogen (secondary N) is 1. The minimum absolute atomic E-state index is 0.110. The van der Waals surface area contributed by atoms with E-state index in [-0.39, 0.29) is 22.9 Å². The van der Waals surface area contributed by atoms with Crippen molar-refractivity contribution in [3.8, 4) is 5.75 Å². The van der Waals surface area contributed by atoms with Crippen LogP contribution in [0.2, 0.25) is 0 Å². The number of hydrogen-bond donors (Lipinski definition) is 2. The molecule has 2 aromatic carbocycles. The monoisotopic (exact) mass is 421 g/mol. The van der Waals surface area contributed by atoms with E-state index in [1.807, 2.05) is 30.3 Å². The molecule has 1 aliphatic rings. The molecule has 0 bridgehead atoms. The number of aryl methyl sites for hydroxylation is 1. The summed E-state index contributed by atoms with van der Waals surface area (Å²) in [4.78, 5) is 29.2. The number of thiophene rings is 1. The lowest BCUT2D eigenvalue weighted by molar-refractivity contribution is -0.384. The van der Waals surface area contributed by atoms with E-state index in [9.17, 15) is 20.0 Å². The second-order valence-corrected chi connectivity index (χ2v) is 8.05. The topological polar surface area (TPSA) is 105 Å². The molecule has 30 heavy (non-hydrogen) atoms. The summed E-state index contributed by atoms with van der Waals surface area (Å²) in [6.45, 7) is 0. The number of phenolic OH excluding ortho intramolecular Hbond substituents is 1. The number of carbonyl (C=O) groups is 1. The number of anilines is 1. The Morgan fingerprint density at radius 2 is 1.93 bits per heavy atom. The van der Waals surface area contributed by atoms with Crippen LogP contribution in [-0.4, -0.2) is 22.2 Å². The van der Waals surface area contributed by atoms with E-state index in [0.29, 0.717) is 16.3 Å². The summed E-state index contributed by atoms with van der Waals surface area (Å²) in [5.41, 5.74) is 2.35. The van der Waals surface area contributed by atoms with Gasteiger partial charge in [0, 0.05) is 34.5 Å². The van der Waals surface area contributed by atoms with E-state index >= 15 is 0 Å². The molecular weight excluding hydrogens is 402 g/mol. The summed E-state index contributed by atoms with van der Waals surface area (Å²) >= 11 is 1.46. The number of carbonyl (C=O) groups excluding carboxylic acids is 1. The van der Waals surface area contributed by atoms with Crippen LogP contribution in [0.25, 0.3) is 0 Å². The van der Waals surface area contributed by atoms with Crippen molar-refractivity contribution >= 4 is 39.8 Å². The number of nitrogens with zero attached hydrogens (tertiary/aromatic N) is 2. The van der Waals surface area contributed by atoms with Crippen molar-refractivity contribution in [1.29, 1.82) is 0 Å². The highest BCUT2D eigenvalue weighted by molar-refractivity contribution is 7.16. The van der Waals surface area contributed by atoms with Gasteiger partial charge in [-0.25, -0.2) is 4.99 Å². The normalized spacial score (nSPS) is 13.2. The van der Waals surface area contributed by atoms with Crippen molar-refractivity contribution in [3.63, 3.8) is 0 Å². The molecule has 3 aromatic rings. The van der Waals surface area contributed by atoms with Crippen LogP contribution in [0, 0.1) is 10.1 Å². The maximum Gasteiger partial charge on any atom is 0.270 e. The maximum atomic E-state index is 13.1. The highest BCUT2D eigenvalue weighted by atomic mass is 32.1. The van der Waals surface area contributed by atoms with Crippen molar-refractivity contribution < 1.29 is 14.8 Å². The molecule has 1 aliphatic carbocycles. The van der Waals surface area contributed by atoms with Crippen LogP contribution in [0.4, 0.5) is 16.4 Å². The van der Waals surface area contributed by atoms with Gasteiger partial charge in [0.1, 0.15) is 10.8 Å². The van der Waals surface area contributed by atoms with Crippen LogP contribution in [-0.2, 0) is 12.8 Å². The van der Waals surface area contributed by atoms with Crippen LogP contribution in [0.15, 0.2) is 53.5 Å². The number of aromatic hydroxyl groups is 1. The first-order valence-corrected chi connectivity index (χ1v) is 10.4. The van der Waals surface area contributed by atoms with E-state index in [2.05, 4.69) is 10.3 Å². The van der Waals surface area contributed by atoms with Crippen molar-refractivity contribution in [2.45, 2.75) is 25.7 Å². The summed E-state index contributed by atoms with van der Waals surface area (Å²) in [6.07, 6.45) is 5.19. The molecular formula is C22H19N3O4S. The standard InChI is InChI=1S/C22H19N3O4S/c26-18-11-10-16(25(28)29)12-14(18)13-23-22-20(17-8-4-5-9-19(17)30-22)21(27)24-15-6-2-1-3-7-15/h1-3,6-7,10-13,26H,4-5,8-9H2,(H,24,27). The number of aliphatic imine (C=N–C) groups is 1. The third kappa shape index (κ3) is 4.08. The molecule has 8 heteroatoms. The molecule has 152 valence electrons. The predicted octanol–water partition coefficient (Wildman–Crippen LogP) is 5.24. The Balaban J connectivity index is 1.71. The van der Waals surface area contributed by atoms with Gasteiger partial charge in [0.05, 0.1) is 10.5 Å². The number of rotatable bonds is 5. The summed E-state index contributed by atoms with van der Waals surface area (Å²) in [5.74, 6) is -0.336. The number of non-ortho nitro benzene ring substituents is 1. The largest absolute Gasteiger partial charge is 0.507 e. The molecule has 0 saturated carbocycles. The Morgan fingerprint density at radius 3 is 2.70 bits per heavy atom. The van der Waals surface area contributed by atoms with Crippen LogP contribution < -0.4 is 5.32 Å². The Morgan fingerprint density at radius 1 is 1.17 bits per heavy atom. The summed E-state index contributed by atoms with van der Waals surface area (Å²) in [5, 5.41) is 24.5. The molecule has 0 atom stereocenters. The summed E-state index contributed by atoms with van der Waals surface area (Å²) in [6, 6.07) is 13.0. The van der Waals surface area contributed by atoms with Gasteiger partial charge in [-0.15, -0.1) is 11.3 Å². The maximum absolute atomic E-state index is 13.1. The fraction of sp³-hybridized carbons (Fsp3) is 0.182. The van der Waals surface area contributed by atoms with Crippen molar-refractivity contribution in [2.75, 3.05) is 5.32 Å². The second-order valence-electron chi connectivity index (χ2n) is 6.97. The minimum atomic E-state index is -0.528.